The molecular weight excluding hydrogens is 210 g/mol. The number of hydrogen-bond acceptors (Lipinski definition) is 5. The lowest BCUT2D eigenvalue weighted by atomic mass is 10.5. The predicted octanol–water partition coefficient (Wildman–Crippen LogP) is 0.825. The van der Waals surface area contributed by atoms with Crippen molar-refractivity contribution in [2.45, 2.75) is 26.7 Å². The zero-order valence-corrected chi connectivity index (χ0v) is 10.3. The molecule has 0 aliphatic carbocycles. The van der Waals surface area contributed by atoms with E-state index in [4.69, 9.17) is 9.47 Å². The van der Waals surface area contributed by atoms with E-state index in [2.05, 4.69) is 0 Å². The highest BCUT2D eigenvalue weighted by atomic mass is 16.5. The summed E-state index contributed by atoms with van der Waals surface area (Å²) in [6, 6.07) is 0. The van der Waals surface area contributed by atoms with Crippen molar-refractivity contribution in [2.24, 2.45) is 0 Å². The van der Waals surface area contributed by atoms with Gasteiger partial charge in [-0.25, -0.2) is 0 Å². The number of ether oxygens (including phenoxy) is 2. The number of nitrogens with zero attached hydrogens (tertiary/aromatic N) is 1. The third kappa shape index (κ3) is 8.23. The number of carbonyl (C=O) groups is 2. The van der Waals surface area contributed by atoms with Crippen LogP contribution in [-0.4, -0.2) is 50.2 Å². The Hall–Kier alpha value is -1.10. The zero-order chi connectivity index (χ0) is 12.4. The topological polar surface area (TPSA) is 55.8 Å². The normalized spacial score (nSPS) is 10.2. The average molecular weight is 231 g/mol. The Bertz CT molecular complexity index is 196. The Morgan fingerprint density at radius 1 is 0.938 bits per heavy atom. The van der Waals surface area contributed by atoms with Gasteiger partial charge in [-0.3, -0.25) is 14.5 Å². The number of likely N-dealkylation sites (N-methyl/N-ethyl adjacent to an activating group) is 1. The molecule has 0 amide bonds. The molecule has 0 aromatic heterocycles. The van der Waals surface area contributed by atoms with E-state index >= 15 is 0 Å². The van der Waals surface area contributed by atoms with Gasteiger partial charge in [-0.05, 0) is 19.9 Å². The Kier molecular flexibility index (Phi) is 8.52. The second kappa shape index (κ2) is 9.15. The van der Waals surface area contributed by atoms with Gasteiger partial charge < -0.3 is 9.47 Å². The Morgan fingerprint density at radius 3 is 1.62 bits per heavy atom. The molecule has 0 unspecified atom stereocenters. The van der Waals surface area contributed by atoms with E-state index < -0.39 is 0 Å². The SMILES string of the molecule is CCCOC(=O)CN(C)CC(=O)OCCC. The molecule has 0 rings (SSSR count). The minimum atomic E-state index is -0.312. The average Bonchev–Trinajstić information content (AvgIpc) is 2.23. The summed E-state index contributed by atoms with van der Waals surface area (Å²) < 4.78 is 9.78. The summed E-state index contributed by atoms with van der Waals surface area (Å²) in [7, 11) is 1.68. The fourth-order valence-corrected chi connectivity index (χ4v) is 1.02. The van der Waals surface area contributed by atoms with Crippen LogP contribution in [0.1, 0.15) is 26.7 Å². The summed E-state index contributed by atoms with van der Waals surface area (Å²) in [5.74, 6) is -0.625. The lowest BCUT2D eigenvalue weighted by Crippen LogP contribution is -2.33. The first-order valence-electron chi connectivity index (χ1n) is 5.59. The van der Waals surface area contributed by atoms with Gasteiger partial charge in [0.05, 0.1) is 26.3 Å². The summed E-state index contributed by atoms with van der Waals surface area (Å²) in [4.78, 5) is 24.0. The van der Waals surface area contributed by atoms with Gasteiger partial charge in [-0.1, -0.05) is 13.8 Å². The van der Waals surface area contributed by atoms with Crippen molar-refractivity contribution in [1.82, 2.24) is 4.90 Å². The van der Waals surface area contributed by atoms with Gasteiger partial charge in [0, 0.05) is 0 Å². The molecule has 5 heteroatoms. The minimum absolute atomic E-state index is 0.112. The quantitative estimate of drug-likeness (QED) is 0.579. The Morgan fingerprint density at radius 2 is 1.31 bits per heavy atom. The number of rotatable bonds is 8. The molecule has 0 aliphatic heterocycles. The number of hydrogen-bond donors (Lipinski definition) is 0. The fourth-order valence-electron chi connectivity index (χ4n) is 1.02. The third-order valence-electron chi connectivity index (χ3n) is 1.73. The molecule has 0 aromatic carbocycles. The molecule has 16 heavy (non-hydrogen) atoms. The van der Waals surface area contributed by atoms with Gasteiger partial charge in [0.15, 0.2) is 0 Å². The molecule has 0 fully saturated rings. The van der Waals surface area contributed by atoms with Crippen LogP contribution in [0.2, 0.25) is 0 Å². The first-order chi connectivity index (χ1) is 7.60. The first-order valence-corrected chi connectivity index (χ1v) is 5.59. The summed E-state index contributed by atoms with van der Waals surface area (Å²) in [5.41, 5.74) is 0. The summed E-state index contributed by atoms with van der Waals surface area (Å²) in [5, 5.41) is 0. The molecule has 0 N–H and O–H groups in total. The highest BCUT2D eigenvalue weighted by molar-refractivity contribution is 5.74. The Labute approximate surface area is 96.7 Å². The van der Waals surface area contributed by atoms with Crippen molar-refractivity contribution in [3.8, 4) is 0 Å². The molecule has 0 saturated heterocycles. The molecular formula is C11H21NO4. The molecule has 94 valence electrons. The summed E-state index contributed by atoms with van der Waals surface area (Å²) in [6.07, 6.45) is 1.60. The van der Waals surface area contributed by atoms with E-state index in [0.717, 1.165) is 12.8 Å². The number of carbonyl (C=O) groups excluding carboxylic acids is 2. The maximum absolute atomic E-state index is 11.2. The van der Waals surface area contributed by atoms with E-state index in [1.165, 1.54) is 0 Å². The van der Waals surface area contributed by atoms with Crippen molar-refractivity contribution in [3.63, 3.8) is 0 Å². The van der Waals surface area contributed by atoms with E-state index in [-0.39, 0.29) is 25.0 Å². The second-order valence-electron chi connectivity index (χ2n) is 3.61. The molecule has 0 aromatic rings. The third-order valence-corrected chi connectivity index (χ3v) is 1.73. The highest BCUT2D eigenvalue weighted by Gasteiger charge is 2.11. The molecule has 0 radical (unpaired) electrons. The molecule has 0 aliphatic rings. The van der Waals surface area contributed by atoms with Gasteiger partial charge in [-0.2, -0.15) is 0 Å². The predicted molar refractivity (Wildman–Crippen MR) is 60.0 cm³/mol. The van der Waals surface area contributed by atoms with E-state index in [1.807, 2.05) is 13.8 Å². The van der Waals surface area contributed by atoms with Gasteiger partial charge in [0.25, 0.3) is 0 Å². The first kappa shape index (κ1) is 14.9. The molecule has 0 spiro atoms. The van der Waals surface area contributed by atoms with E-state index in [1.54, 1.807) is 11.9 Å². The van der Waals surface area contributed by atoms with Crippen molar-refractivity contribution in [2.75, 3.05) is 33.4 Å². The molecule has 0 atom stereocenters. The molecule has 0 saturated carbocycles. The maximum Gasteiger partial charge on any atom is 0.320 e. The van der Waals surface area contributed by atoms with Crippen LogP contribution in [0.5, 0.6) is 0 Å². The highest BCUT2D eigenvalue weighted by Crippen LogP contribution is 1.90. The lowest BCUT2D eigenvalue weighted by molar-refractivity contribution is -0.148. The summed E-state index contributed by atoms with van der Waals surface area (Å²) >= 11 is 0. The van der Waals surface area contributed by atoms with Crippen LogP contribution >= 0.6 is 0 Å². The van der Waals surface area contributed by atoms with E-state index in [9.17, 15) is 9.59 Å². The molecule has 0 heterocycles. The number of esters is 2. The van der Waals surface area contributed by atoms with Crippen LogP contribution in [-0.2, 0) is 19.1 Å². The lowest BCUT2D eigenvalue weighted by Gasteiger charge is -2.14. The van der Waals surface area contributed by atoms with Crippen molar-refractivity contribution < 1.29 is 19.1 Å². The standard InChI is InChI=1S/C11H21NO4/c1-4-6-15-10(13)8-12(3)9-11(14)16-7-5-2/h4-9H2,1-3H3. The minimum Gasteiger partial charge on any atom is -0.465 e. The van der Waals surface area contributed by atoms with Crippen LogP contribution in [0, 0.1) is 0 Å². The summed E-state index contributed by atoms with van der Waals surface area (Å²) in [6.45, 7) is 4.93. The van der Waals surface area contributed by atoms with Gasteiger partial charge >= 0.3 is 11.9 Å². The van der Waals surface area contributed by atoms with Crippen molar-refractivity contribution >= 4 is 11.9 Å². The maximum atomic E-state index is 11.2. The molecule has 0 bridgehead atoms. The van der Waals surface area contributed by atoms with Gasteiger partial charge in [-0.15, -0.1) is 0 Å². The fraction of sp³-hybridized carbons (Fsp3) is 0.818. The van der Waals surface area contributed by atoms with Gasteiger partial charge in [0.2, 0.25) is 0 Å². The smallest absolute Gasteiger partial charge is 0.320 e. The van der Waals surface area contributed by atoms with Crippen LogP contribution in [0.25, 0.3) is 0 Å². The zero-order valence-electron chi connectivity index (χ0n) is 10.3. The Balaban J connectivity index is 3.67. The van der Waals surface area contributed by atoms with Crippen LogP contribution < -0.4 is 0 Å². The molecule has 5 nitrogen and oxygen atoms in total. The largest absolute Gasteiger partial charge is 0.465 e. The second-order valence-corrected chi connectivity index (χ2v) is 3.61. The van der Waals surface area contributed by atoms with Crippen LogP contribution in [0.3, 0.4) is 0 Å². The monoisotopic (exact) mass is 231 g/mol. The van der Waals surface area contributed by atoms with Crippen LogP contribution in [0.15, 0.2) is 0 Å². The van der Waals surface area contributed by atoms with Crippen molar-refractivity contribution in [3.05, 3.63) is 0 Å². The van der Waals surface area contributed by atoms with Crippen LogP contribution in [0.4, 0.5) is 0 Å². The van der Waals surface area contributed by atoms with Gasteiger partial charge in [0.1, 0.15) is 0 Å². The van der Waals surface area contributed by atoms with Crippen molar-refractivity contribution in [1.29, 1.82) is 0 Å². The van der Waals surface area contributed by atoms with E-state index in [0.29, 0.717) is 13.2 Å².